The van der Waals surface area contributed by atoms with Crippen LogP contribution in [0.3, 0.4) is 0 Å². The van der Waals surface area contributed by atoms with Gasteiger partial charge in [-0.2, -0.15) is 0 Å². The van der Waals surface area contributed by atoms with Gasteiger partial charge in [-0.05, 0) is 28.1 Å². The van der Waals surface area contributed by atoms with Gasteiger partial charge in [0, 0.05) is 12.1 Å². The van der Waals surface area contributed by atoms with Crippen LogP contribution in [-0.2, 0) is 0 Å². The molecule has 0 atom stereocenters. The van der Waals surface area contributed by atoms with Crippen LogP contribution >= 0.6 is 15.9 Å². The van der Waals surface area contributed by atoms with Crippen LogP contribution in [-0.4, -0.2) is 23.2 Å². The van der Waals surface area contributed by atoms with Crippen LogP contribution in [0.15, 0.2) is 33.4 Å². The molecular formula is C13H9BrN2O3. The number of hydrogen-bond acceptors (Lipinski definition) is 4. The highest BCUT2D eigenvalue weighted by atomic mass is 79.9. The molecule has 1 aliphatic rings. The molecule has 3 heterocycles. The van der Waals surface area contributed by atoms with Crippen LogP contribution < -0.4 is 9.47 Å². The number of H-pyrrole nitrogens is 1. The van der Waals surface area contributed by atoms with Crippen molar-refractivity contribution in [2.45, 2.75) is 0 Å². The maximum atomic E-state index is 5.55. The van der Waals surface area contributed by atoms with Gasteiger partial charge in [-0.15, -0.1) is 0 Å². The Kier molecular flexibility index (Phi) is 2.32. The summed E-state index contributed by atoms with van der Waals surface area (Å²) in [6, 6.07) is 7.47. The van der Waals surface area contributed by atoms with Gasteiger partial charge in [0.2, 0.25) is 0 Å². The van der Waals surface area contributed by atoms with Crippen LogP contribution in [0.4, 0.5) is 0 Å². The Labute approximate surface area is 116 Å². The van der Waals surface area contributed by atoms with Crippen molar-refractivity contribution in [3.05, 3.63) is 28.9 Å². The van der Waals surface area contributed by atoms with E-state index in [1.807, 2.05) is 24.3 Å². The van der Waals surface area contributed by atoms with Gasteiger partial charge in [-0.3, -0.25) is 0 Å². The van der Waals surface area contributed by atoms with Gasteiger partial charge in [0.1, 0.15) is 13.2 Å². The second kappa shape index (κ2) is 4.03. The second-order valence-corrected chi connectivity index (χ2v) is 4.98. The largest absolute Gasteiger partial charge is 0.486 e. The van der Waals surface area contributed by atoms with Gasteiger partial charge in [0.25, 0.3) is 0 Å². The van der Waals surface area contributed by atoms with E-state index >= 15 is 0 Å². The molecule has 2 aromatic heterocycles. The number of rotatable bonds is 1. The van der Waals surface area contributed by atoms with E-state index in [9.17, 15) is 0 Å². The third-order valence-electron chi connectivity index (χ3n) is 2.95. The number of nitrogens with zero attached hydrogens (tertiary/aromatic N) is 1. The minimum absolute atomic E-state index is 0.570. The predicted molar refractivity (Wildman–Crippen MR) is 72.5 cm³/mol. The molecule has 96 valence electrons. The van der Waals surface area contributed by atoms with Crippen molar-refractivity contribution < 1.29 is 13.9 Å². The summed E-state index contributed by atoms with van der Waals surface area (Å²) in [5.41, 5.74) is 1.72. The average Bonchev–Trinajstić information content (AvgIpc) is 3.01. The quantitative estimate of drug-likeness (QED) is 0.747. The highest BCUT2D eigenvalue weighted by Gasteiger charge is 2.16. The summed E-state index contributed by atoms with van der Waals surface area (Å²) in [7, 11) is 0. The molecule has 0 unspecified atom stereocenters. The molecule has 4 rings (SSSR count). The Morgan fingerprint density at radius 3 is 2.63 bits per heavy atom. The summed E-state index contributed by atoms with van der Waals surface area (Å²) < 4.78 is 17.2. The van der Waals surface area contributed by atoms with Crippen LogP contribution in [0.1, 0.15) is 0 Å². The molecule has 1 aliphatic heterocycles. The number of benzene rings is 1. The summed E-state index contributed by atoms with van der Waals surface area (Å²) in [4.78, 5) is 7.71. The molecule has 0 amide bonds. The van der Waals surface area contributed by atoms with Crippen molar-refractivity contribution in [2.75, 3.05) is 13.2 Å². The Morgan fingerprint density at radius 2 is 1.89 bits per heavy atom. The molecule has 0 saturated heterocycles. The van der Waals surface area contributed by atoms with E-state index in [0.29, 0.717) is 29.5 Å². The molecule has 3 aromatic rings. The van der Waals surface area contributed by atoms with Crippen LogP contribution in [0.25, 0.3) is 22.6 Å². The lowest BCUT2D eigenvalue weighted by Crippen LogP contribution is -2.15. The Hall–Kier alpha value is -1.95. The first-order valence-electron chi connectivity index (χ1n) is 5.85. The number of furan rings is 1. The zero-order valence-electron chi connectivity index (χ0n) is 9.77. The molecule has 0 spiro atoms. The molecule has 6 heteroatoms. The summed E-state index contributed by atoms with van der Waals surface area (Å²) >= 11 is 3.28. The van der Waals surface area contributed by atoms with E-state index in [2.05, 4.69) is 25.9 Å². The smallest absolute Gasteiger partial charge is 0.174 e. The number of hydrogen-bond donors (Lipinski definition) is 1. The summed E-state index contributed by atoms with van der Waals surface area (Å²) in [6.07, 6.45) is 0. The van der Waals surface area contributed by atoms with Crippen molar-refractivity contribution in [1.82, 2.24) is 9.97 Å². The monoisotopic (exact) mass is 320 g/mol. The van der Waals surface area contributed by atoms with Gasteiger partial charge in [0.05, 0.1) is 11.0 Å². The van der Waals surface area contributed by atoms with Crippen LogP contribution in [0.2, 0.25) is 0 Å². The number of imidazole rings is 1. The summed E-state index contributed by atoms with van der Waals surface area (Å²) in [5, 5.41) is 0. The standard InChI is InChI=1S/C13H9BrN2O3/c14-12-2-1-9(19-12)13-15-7-5-10-11(6-8(7)16-13)18-4-3-17-10/h1-2,5-6H,3-4H2,(H,15,16). The van der Waals surface area contributed by atoms with Gasteiger partial charge in [-0.1, -0.05) is 0 Å². The minimum Gasteiger partial charge on any atom is -0.486 e. The lowest BCUT2D eigenvalue weighted by atomic mass is 10.2. The molecule has 0 bridgehead atoms. The van der Waals surface area contributed by atoms with Gasteiger partial charge in [-0.25, -0.2) is 4.98 Å². The first-order chi connectivity index (χ1) is 9.29. The predicted octanol–water partition coefficient (Wildman–Crippen LogP) is 3.36. The first kappa shape index (κ1) is 10.9. The van der Waals surface area contributed by atoms with E-state index in [-0.39, 0.29) is 0 Å². The number of aromatic amines is 1. The fourth-order valence-electron chi connectivity index (χ4n) is 2.10. The molecule has 19 heavy (non-hydrogen) atoms. The topological polar surface area (TPSA) is 60.3 Å². The molecule has 0 saturated carbocycles. The fourth-order valence-corrected chi connectivity index (χ4v) is 2.41. The lowest BCUT2D eigenvalue weighted by Gasteiger charge is -2.17. The van der Waals surface area contributed by atoms with Crippen molar-refractivity contribution in [1.29, 1.82) is 0 Å². The molecule has 0 radical (unpaired) electrons. The number of fused-ring (bicyclic) bond motifs is 2. The average molecular weight is 321 g/mol. The maximum Gasteiger partial charge on any atom is 0.174 e. The van der Waals surface area contributed by atoms with E-state index in [1.165, 1.54) is 0 Å². The highest BCUT2D eigenvalue weighted by Crippen LogP contribution is 2.35. The summed E-state index contributed by atoms with van der Waals surface area (Å²) in [6.45, 7) is 1.14. The minimum atomic E-state index is 0.570. The van der Waals surface area contributed by atoms with Crippen molar-refractivity contribution in [3.8, 4) is 23.1 Å². The maximum absolute atomic E-state index is 5.55. The van der Waals surface area contributed by atoms with Crippen molar-refractivity contribution in [2.24, 2.45) is 0 Å². The van der Waals surface area contributed by atoms with Crippen molar-refractivity contribution >= 4 is 27.0 Å². The number of aromatic nitrogens is 2. The van der Waals surface area contributed by atoms with E-state index < -0.39 is 0 Å². The zero-order valence-corrected chi connectivity index (χ0v) is 11.4. The number of ether oxygens (including phenoxy) is 2. The van der Waals surface area contributed by atoms with E-state index in [4.69, 9.17) is 13.9 Å². The Balaban J connectivity index is 1.87. The second-order valence-electron chi connectivity index (χ2n) is 4.20. The molecular weight excluding hydrogens is 312 g/mol. The van der Waals surface area contributed by atoms with Gasteiger partial charge >= 0.3 is 0 Å². The van der Waals surface area contributed by atoms with E-state index in [0.717, 1.165) is 22.5 Å². The zero-order chi connectivity index (χ0) is 12.8. The first-order valence-corrected chi connectivity index (χ1v) is 6.64. The Bertz CT molecular complexity index is 719. The van der Waals surface area contributed by atoms with Gasteiger partial charge < -0.3 is 18.9 Å². The molecule has 5 nitrogen and oxygen atoms in total. The number of halogens is 1. The highest BCUT2D eigenvalue weighted by molar-refractivity contribution is 9.10. The molecule has 1 N–H and O–H groups in total. The summed E-state index contributed by atoms with van der Waals surface area (Å²) in [5.74, 6) is 2.85. The lowest BCUT2D eigenvalue weighted by molar-refractivity contribution is 0.172. The third-order valence-corrected chi connectivity index (χ3v) is 3.38. The molecule has 0 fully saturated rings. The normalized spacial score (nSPS) is 13.9. The Morgan fingerprint density at radius 1 is 1.11 bits per heavy atom. The van der Waals surface area contributed by atoms with Gasteiger partial charge in [0.15, 0.2) is 27.8 Å². The van der Waals surface area contributed by atoms with Crippen LogP contribution in [0.5, 0.6) is 11.5 Å². The van der Waals surface area contributed by atoms with E-state index in [1.54, 1.807) is 0 Å². The van der Waals surface area contributed by atoms with Crippen molar-refractivity contribution in [3.63, 3.8) is 0 Å². The van der Waals surface area contributed by atoms with Crippen LogP contribution in [0, 0.1) is 0 Å². The molecule has 0 aliphatic carbocycles. The fraction of sp³-hybridized carbons (Fsp3) is 0.154. The number of nitrogens with one attached hydrogen (secondary N) is 1. The third kappa shape index (κ3) is 1.79. The SMILES string of the molecule is Brc1ccc(-c2nc3cc4c(cc3[nH]2)OCCO4)o1. The molecule has 1 aromatic carbocycles.